The highest BCUT2D eigenvalue weighted by atomic mass is 28.4. The van der Waals surface area contributed by atoms with Gasteiger partial charge in [-0.3, -0.25) is 4.79 Å². The first kappa shape index (κ1) is 30.2. The Morgan fingerprint density at radius 3 is 2.00 bits per heavy atom. The van der Waals surface area contributed by atoms with Gasteiger partial charge in [-0.2, -0.15) is 0 Å². The highest BCUT2D eigenvalue weighted by Gasteiger charge is 2.68. The van der Waals surface area contributed by atoms with Gasteiger partial charge in [0.15, 0.2) is 30.7 Å². The fourth-order valence-corrected chi connectivity index (χ4v) is 12.7. The first-order valence-corrected chi connectivity index (χ1v) is 25.6. The molecule has 0 aromatic heterocycles. The van der Waals surface area contributed by atoms with Gasteiger partial charge in [0.05, 0.1) is 6.61 Å². The molecule has 0 saturated heterocycles. The summed E-state index contributed by atoms with van der Waals surface area (Å²) >= 11 is 0. The van der Waals surface area contributed by atoms with Crippen LogP contribution in [-0.2, 0) is 18.1 Å². The van der Waals surface area contributed by atoms with Gasteiger partial charge in [0.2, 0.25) is 0 Å². The van der Waals surface area contributed by atoms with Crippen molar-refractivity contribution in [1.29, 1.82) is 0 Å². The lowest BCUT2D eigenvalue weighted by atomic mass is 9.44. The molecule has 4 saturated carbocycles. The number of fused-ring (bicyclic) bond motifs is 5. The summed E-state index contributed by atoms with van der Waals surface area (Å²) in [7, 11) is -5.23. The van der Waals surface area contributed by atoms with E-state index >= 15 is 0 Å². The number of carbonyl (C=O) groups is 1. The van der Waals surface area contributed by atoms with Crippen molar-refractivity contribution in [3.63, 3.8) is 0 Å². The van der Waals surface area contributed by atoms with Crippen molar-refractivity contribution < 1.29 is 18.1 Å². The Morgan fingerprint density at radius 2 is 1.41 bits per heavy atom. The molecule has 8 atom stereocenters. The summed E-state index contributed by atoms with van der Waals surface area (Å²) in [6, 6.07) is 0. The van der Waals surface area contributed by atoms with E-state index in [0.717, 1.165) is 37.0 Å². The third-order valence-corrected chi connectivity index (χ3v) is 13.8. The number of hydrogen-bond donors (Lipinski definition) is 0. The predicted molar refractivity (Wildman–Crippen MR) is 161 cm³/mol. The second kappa shape index (κ2) is 9.93. The molecule has 0 unspecified atom stereocenters. The number of ketones is 1. The summed E-state index contributed by atoms with van der Waals surface area (Å²) in [4.78, 5) is 14.1. The number of hydrogen-bond acceptors (Lipinski definition) is 4. The van der Waals surface area contributed by atoms with Gasteiger partial charge in [0, 0.05) is 11.5 Å². The molecule has 214 valence electrons. The summed E-state index contributed by atoms with van der Waals surface area (Å²) in [6.45, 7) is 25.6. The highest BCUT2D eigenvalue weighted by molar-refractivity contribution is 6.70. The molecule has 4 nitrogen and oxygen atoms in total. The molecule has 0 spiro atoms. The molecular formula is C30H58O4Si3. The molecule has 4 fully saturated rings. The zero-order valence-corrected chi connectivity index (χ0v) is 29.1. The molecule has 0 bridgehead atoms. The maximum absolute atomic E-state index is 14.1. The van der Waals surface area contributed by atoms with E-state index in [-0.39, 0.29) is 17.8 Å². The Hall–Kier alpha value is 0.201. The average molecular weight is 567 g/mol. The molecule has 4 aliphatic rings. The third-order valence-electron chi connectivity index (χ3n) is 10.8. The number of carbonyl (C=O) groups excluding carboxylic acids is 1. The van der Waals surface area contributed by atoms with Crippen LogP contribution >= 0.6 is 0 Å². The van der Waals surface area contributed by atoms with E-state index in [1.54, 1.807) is 0 Å². The summed E-state index contributed by atoms with van der Waals surface area (Å²) in [5.41, 5.74) is -0.303. The van der Waals surface area contributed by atoms with Crippen LogP contribution in [0.2, 0.25) is 58.9 Å². The quantitative estimate of drug-likeness (QED) is 0.277. The van der Waals surface area contributed by atoms with Gasteiger partial charge >= 0.3 is 0 Å². The van der Waals surface area contributed by atoms with Gasteiger partial charge in [0.25, 0.3) is 0 Å². The Morgan fingerprint density at radius 1 is 0.757 bits per heavy atom. The van der Waals surface area contributed by atoms with Crippen molar-refractivity contribution in [2.24, 2.45) is 34.5 Å². The largest absolute Gasteiger partial charge is 0.415 e. The van der Waals surface area contributed by atoms with Gasteiger partial charge in [0.1, 0.15) is 5.60 Å². The van der Waals surface area contributed by atoms with Gasteiger partial charge in [-0.1, -0.05) is 13.8 Å². The fraction of sp³-hybridized carbons (Fsp3) is 0.967. The Balaban J connectivity index is 1.58. The SMILES string of the molecule is C[C@]12CC[C@@H](O[Si](C)(C)C)C[C@H]1CC[C@@H]1[C@@H]2CC[C@@]2(C)[C@H]1CC[C@]2(O[Si](C)(C)C)C(=O)CO[Si](C)(C)C. The molecule has 0 aliphatic heterocycles. The normalized spacial score (nSPS) is 42.6. The summed E-state index contributed by atoms with van der Waals surface area (Å²) in [5.74, 6) is 3.14. The van der Waals surface area contributed by atoms with Crippen LogP contribution in [0.4, 0.5) is 0 Å². The van der Waals surface area contributed by atoms with Crippen molar-refractivity contribution in [2.45, 2.75) is 142 Å². The van der Waals surface area contributed by atoms with E-state index in [1.165, 1.54) is 38.5 Å². The van der Waals surface area contributed by atoms with E-state index in [4.69, 9.17) is 13.3 Å². The molecule has 0 N–H and O–H groups in total. The molecule has 0 aromatic carbocycles. The van der Waals surface area contributed by atoms with Crippen molar-refractivity contribution in [3.8, 4) is 0 Å². The molecular weight excluding hydrogens is 509 g/mol. The maximum atomic E-state index is 14.1. The smallest absolute Gasteiger partial charge is 0.188 e. The van der Waals surface area contributed by atoms with Crippen LogP contribution in [-0.4, -0.2) is 49.0 Å². The predicted octanol–water partition coefficient (Wildman–Crippen LogP) is 8.26. The van der Waals surface area contributed by atoms with Crippen LogP contribution in [0.25, 0.3) is 0 Å². The zero-order chi connectivity index (χ0) is 27.7. The van der Waals surface area contributed by atoms with Crippen molar-refractivity contribution in [2.75, 3.05) is 6.61 Å². The summed E-state index contributed by atoms with van der Waals surface area (Å²) in [6.07, 6.45) is 11.4. The second-order valence-electron chi connectivity index (χ2n) is 16.6. The zero-order valence-electron chi connectivity index (χ0n) is 26.1. The minimum Gasteiger partial charge on any atom is -0.415 e. The van der Waals surface area contributed by atoms with E-state index in [0.29, 0.717) is 17.4 Å². The maximum Gasteiger partial charge on any atom is 0.188 e. The first-order chi connectivity index (χ1) is 16.8. The van der Waals surface area contributed by atoms with E-state index in [2.05, 4.69) is 72.8 Å². The second-order valence-corrected chi connectivity index (χ2v) is 30.0. The van der Waals surface area contributed by atoms with Gasteiger partial charge in [-0.05, 0) is 146 Å². The van der Waals surface area contributed by atoms with Crippen molar-refractivity contribution in [3.05, 3.63) is 0 Å². The number of Topliss-reactive ketones (excluding diaryl/α,β-unsaturated/α-hetero) is 1. The molecule has 0 amide bonds. The monoisotopic (exact) mass is 566 g/mol. The van der Waals surface area contributed by atoms with Crippen LogP contribution in [0, 0.1) is 34.5 Å². The van der Waals surface area contributed by atoms with Crippen LogP contribution in [0.1, 0.15) is 71.6 Å². The van der Waals surface area contributed by atoms with Crippen LogP contribution < -0.4 is 0 Å². The minimum atomic E-state index is -1.95. The van der Waals surface area contributed by atoms with Crippen molar-refractivity contribution in [1.82, 2.24) is 0 Å². The molecule has 37 heavy (non-hydrogen) atoms. The molecule has 0 radical (unpaired) electrons. The number of rotatable bonds is 8. The van der Waals surface area contributed by atoms with E-state index < -0.39 is 30.6 Å². The molecule has 0 aromatic rings. The lowest BCUT2D eigenvalue weighted by Crippen LogP contribution is -2.62. The lowest BCUT2D eigenvalue weighted by Gasteiger charge is -2.62. The van der Waals surface area contributed by atoms with Gasteiger partial charge < -0.3 is 13.3 Å². The van der Waals surface area contributed by atoms with E-state index in [1.807, 2.05) is 0 Å². The van der Waals surface area contributed by atoms with Crippen LogP contribution in [0.15, 0.2) is 0 Å². The van der Waals surface area contributed by atoms with E-state index in [9.17, 15) is 4.79 Å². The molecule has 0 heterocycles. The van der Waals surface area contributed by atoms with Crippen molar-refractivity contribution >= 4 is 30.7 Å². The highest BCUT2D eigenvalue weighted by Crippen LogP contribution is 2.69. The minimum absolute atomic E-state index is 0.0737. The molecule has 4 rings (SSSR count). The molecule has 4 aliphatic carbocycles. The van der Waals surface area contributed by atoms with Gasteiger partial charge in [-0.25, -0.2) is 0 Å². The van der Waals surface area contributed by atoms with Crippen LogP contribution in [0.5, 0.6) is 0 Å². The van der Waals surface area contributed by atoms with Gasteiger partial charge in [-0.15, -0.1) is 0 Å². The Kier molecular flexibility index (Phi) is 8.10. The van der Waals surface area contributed by atoms with Crippen LogP contribution in [0.3, 0.4) is 0 Å². The molecule has 7 heteroatoms. The Bertz CT molecular complexity index is 858. The average Bonchev–Trinajstić information content (AvgIpc) is 3.02. The summed E-state index contributed by atoms with van der Waals surface area (Å²) < 4.78 is 19.9. The first-order valence-electron chi connectivity index (χ1n) is 15.3. The Labute approximate surface area is 231 Å². The standard InChI is InChI=1S/C30H58O4Si3/c1-28-17-14-23(33-36(6,7)8)20-22(28)12-13-24-25(28)15-18-29(2)26(24)16-19-30(29,34-37(9,10)11)27(31)21-32-35(3,4)5/h22-26H,12-21H2,1-11H3/t22-,23-,24-,25+,26+,28+,29+,30+/m1/s1. The summed E-state index contributed by atoms with van der Waals surface area (Å²) in [5, 5.41) is 0. The third kappa shape index (κ3) is 5.83. The topological polar surface area (TPSA) is 44.8 Å². The lowest BCUT2D eigenvalue weighted by molar-refractivity contribution is -0.169. The fourth-order valence-electron chi connectivity index (χ4n) is 9.43.